The van der Waals surface area contributed by atoms with Crippen LogP contribution in [0.3, 0.4) is 0 Å². The van der Waals surface area contributed by atoms with Gasteiger partial charge in [0.15, 0.2) is 0 Å². The fourth-order valence-electron chi connectivity index (χ4n) is 1.39. The van der Waals surface area contributed by atoms with E-state index in [1.165, 1.54) is 6.07 Å². The summed E-state index contributed by atoms with van der Waals surface area (Å²) in [6.45, 7) is 0.0772. The van der Waals surface area contributed by atoms with Crippen molar-refractivity contribution in [3.8, 4) is 0 Å². The average molecular weight is 302 g/mol. The second-order valence-electron chi connectivity index (χ2n) is 3.82. The number of nitrogen functional groups attached to an aromatic ring is 1. The van der Waals surface area contributed by atoms with Gasteiger partial charge in [0.1, 0.15) is 16.5 Å². The second kappa shape index (κ2) is 5.16. The Labute approximate surface area is 115 Å². The highest BCUT2D eigenvalue weighted by Gasteiger charge is 2.16. The van der Waals surface area contributed by atoms with Crippen LogP contribution in [0.1, 0.15) is 5.82 Å². The molecule has 3 N–H and O–H groups in total. The number of pyridine rings is 1. The van der Waals surface area contributed by atoms with Crippen LogP contribution in [0, 0.1) is 0 Å². The summed E-state index contributed by atoms with van der Waals surface area (Å²) in [6, 6.07) is 1.25. The topological polar surface area (TPSA) is 103 Å². The molecule has 102 valence electrons. The molecule has 9 heteroatoms. The number of nitrogens with two attached hydrogens (primary N) is 1. The van der Waals surface area contributed by atoms with Crippen LogP contribution in [0.2, 0.25) is 5.02 Å². The molecule has 19 heavy (non-hydrogen) atoms. The van der Waals surface area contributed by atoms with Crippen LogP contribution in [0.5, 0.6) is 0 Å². The summed E-state index contributed by atoms with van der Waals surface area (Å²) >= 11 is 5.75. The summed E-state index contributed by atoms with van der Waals surface area (Å²) in [5.41, 5.74) is 5.43. The molecule has 0 aliphatic rings. The highest BCUT2D eigenvalue weighted by Crippen LogP contribution is 2.19. The highest BCUT2D eigenvalue weighted by molar-refractivity contribution is 7.89. The van der Waals surface area contributed by atoms with E-state index in [1.54, 1.807) is 24.0 Å². The van der Waals surface area contributed by atoms with Crippen LogP contribution in [-0.4, -0.2) is 23.0 Å². The maximum Gasteiger partial charge on any atom is 0.242 e. The maximum absolute atomic E-state index is 12.0. The molecule has 0 radical (unpaired) electrons. The molecule has 0 saturated heterocycles. The Balaban J connectivity index is 2.18. The molecule has 7 nitrogen and oxygen atoms in total. The van der Waals surface area contributed by atoms with Crippen molar-refractivity contribution in [2.45, 2.75) is 11.4 Å². The van der Waals surface area contributed by atoms with Crippen LogP contribution in [0.25, 0.3) is 0 Å². The number of anilines is 1. The van der Waals surface area contributed by atoms with E-state index >= 15 is 0 Å². The minimum Gasteiger partial charge on any atom is -0.382 e. The normalized spacial score (nSPS) is 11.7. The predicted molar refractivity (Wildman–Crippen MR) is 70.9 cm³/mol. The Bertz CT molecular complexity index is 698. The van der Waals surface area contributed by atoms with Gasteiger partial charge in [-0.3, -0.25) is 0 Å². The number of sulfonamides is 1. The van der Waals surface area contributed by atoms with Crippen molar-refractivity contribution in [3.63, 3.8) is 0 Å². The Morgan fingerprint density at radius 1 is 1.47 bits per heavy atom. The third kappa shape index (κ3) is 3.03. The first-order valence-electron chi connectivity index (χ1n) is 5.27. The Morgan fingerprint density at radius 3 is 2.79 bits per heavy atom. The van der Waals surface area contributed by atoms with Crippen LogP contribution < -0.4 is 10.5 Å². The van der Waals surface area contributed by atoms with Gasteiger partial charge in [-0.1, -0.05) is 11.6 Å². The summed E-state index contributed by atoms with van der Waals surface area (Å²) in [6.07, 6.45) is 4.47. The number of imidazole rings is 1. The molecule has 0 bridgehead atoms. The average Bonchev–Trinajstić information content (AvgIpc) is 2.76. The minimum atomic E-state index is -3.70. The minimum absolute atomic E-state index is 0.0408. The number of hydrogen-bond acceptors (Lipinski definition) is 5. The van der Waals surface area contributed by atoms with Gasteiger partial charge in [0.05, 0.1) is 11.6 Å². The number of nitrogens with zero attached hydrogens (tertiary/aromatic N) is 3. The molecule has 0 unspecified atom stereocenters. The fraction of sp³-hybridized carbons (Fsp3) is 0.200. The van der Waals surface area contributed by atoms with Crippen molar-refractivity contribution < 1.29 is 8.42 Å². The van der Waals surface area contributed by atoms with E-state index in [-0.39, 0.29) is 22.3 Å². The number of halogens is 1. The standard InChI is InChI=1S/C10H12ClN5O2S/c1-16-3-2-13-9(16)6-15-19(17,18)7-4-8(11)10(12)14-5-7/h2-5,15H,6H2,1H3,(H2,12,14). The van der Waals surface area contributed by atoms with Gasteiger partial charge in [-0.05, 0) is 6.07 Å². The van der Waals surface area contributed by atoms with E-state index in [9.17, 15) is 8.42 Å². The summed E-state index contributed by atoms with van der Waals surface area (Å²) < 4.78 is 28.2. The second-order valence-corrected chi connectivity index (χ2v) is 5.99. The SMILES string of the molecule is Cn1ccnc1CNS(=O)(=O)c1cnc(N)c(Cl)c1. The lowest BCUT2D eigenvalue weighted by molar-refractivity contribution is 0.577. The lowest BCUT2D eigenvalue weighted by atomic mass is 10.5. The van der Waals surface area contributed by atoms with E-state index in [0.29, 0.717) is 5.82 Å². The van der Waals surface area contributed by atoms with Gasteiger partial charge in [-0.25, -0.2) is 23.1 Å². The molecule has 2 heterocycles. The lowest BCUT2D eigenvalue weighted by Gasteiger charge is -2.07. The first-order chi connectivity index (χ1) is 8.90. The van der Waals surface area contributed by atoms with E-state index < -0.39 is 10.0 Å². The van der Waals surface area contributed by atoms with Gasteiger partial charge in [0.25, 0.3) is 0 Å². The highest BCUT2D eigenvalue weighted by atomic mass is 35.5. The summed E-state index contributed by atoms with van der Waals surface area (Å²) in [5, 5.41) is 0.0971. The fourth-order valence-corrected chi connectivity index (χ4v) is 2.57. The number of aromatic nitrogens is 3. The molecule has 0 aliphatic carbocycles. The van der Waals surface area contributed by atoms with E-state index in [4.69, 9.17) is 17.3 Å². The zero-order valence-electron chi connectivity index (χ0n) is 10.0. The number of hydrogen-bond donors (Lipinski definition) is 2. The van der Waals surface area contributed by atoms with Crippen molar-refractivity contribution in [3.05, 3.63) is 35.5 Å². The molecule has 0 atom stereocenters. The zero-order valence-corrected chi connectivity index (χ0v) is 11.6. The zero-order chi connectivity index (χ0) is 14.0. The largest absolute Gasteiger partial charge is 0.382 e. The Kier molecular flexibility index (Phi) is 3.74. The van der Waals surface area contributed by atoms with Crippen molar-refractivity contribution >= 4 is 27.4 Å². The van der Waals surface area contributed by atoms with Gasteiger partial charge in [-0.2, -0.15) is 0 Å². The van der Waals surface area contributed by atoms with Gasteiger partial charge < -0.3 is 10.3 Å². The van der Waals surface area contributed by atoms with Gasteiger partial charge in [0, 0.05) is 25.6 Å². The van der Waals surface area contributed by atoms with Crippen molar-refractivity contribution in [2.24, 2.45) is 7.05 Å². The molecule has 2 rings (SSSR count). The van der Waals surface area contributed by atoms with E-state index in [0.717, 1.165) is 6.20 Å². The third-order valence-corrected chi connectivity index (χ3v) is 4.17. The van der Waals surface area contributed by atoms with Crippen LogP contribution in [-0.2, 0) is 23.6 Å². The first-order valence-corrected chi connectivity index (χ1v) is 7.13. The van der Waals surface area contributed by atoms with Crippen LogP contribution >= 0.6 is 11.6 Å². The summed E-state index contributed by atoms with van der Waals surface area (Å²) in [7, 11) is -1.92. The molecule has 0 amide bonds. The van der Waals surface area contributed by atoms with E-state index in [1.807, 2.05) is 0 Å². The van der Waals surface area contributed by atoms with Crippen LogP contribution in [0.4, 0.5) is 5.82 Å². The van der Waals surface area contributed by atoms with Crippen molar-refractivity contribution in [2.75, 3.05) is 5.73 Å². The lowest BCUT2D eigenvalue weighted by Crippen LogP contribution is -2.25. The van der Waals surface area contributed by atoms with Crippen LogP contribution in [0.15, 0.2) is 29.6 Å². The van der Waals surface area contributed by atoms with Gasteiger partial charge >= 0.3 is 0 Å². The maximum atomic E-state index is 12.0. The molecule has 2 aromatic heterocycles. The van der Waals surface area contributed by atoms with E-state index in [2.05, 4.69) is 14.7 Å². The molecule has 0 fully saturated rings. The Morgan fingerprint density at radius 2 is 2.21 bits per heavy atom. The molecular formula is C10H12ClN5O2S. The van der Waals surface area contributed by atoms with Gasteiger partial charge in [0.2, 0.25) is 10.0 Å². The predicted octanol–water partition coefficient (Wildman–Crippen LogP) is 0.529. The molecule has 0 spiro atoms. The number of nitrogens with one attached hydrogen (secondary N) is 1. The molecule has 2 aromatic rings. The summed E-state index contributed by atoms with van der Waals surface area (Å²) in [4.78, 5) is 7.69. The molecule has 0 aromatic carbocycles. The quantitative estimate of drug-likeness (QED) is 0.857. The van der Waals surface area contributed by atoms with Gasteiger partial charge in [-0.15, -0.1) is 0 Å². The smallest absolute Gasteiger partial charge is 0.242 e. The monoisotopic (exact) mass is 301 g/mol. The third-order valence-electron chi connectivity index (χ3n) is 2.50. The molecular weight excluding hydrogens is 290 g/mol. The number of aryl methyl sites for hydroxylation is 1. The van der Waals surface area contributed by atoms with Crippen molar-refractivity contribution in [1.82, 2.24) is 19.3 Å². The molecule has 0 saturated carbocycles. The summed E-state index contributed by atoms with van der Waals surface area (Å²) in [5.74, 6) is 0.683. The molecule has 0 aliphatic heterocycles. The first kappa shape index (κ1) is 13.8. The van der Waals surface area contributed by atoms with Crippen molar-refractivity contribution in [1.29, 1.82) is 0 Å². The number of rotatable bonds is 4. The Hall–Kier alpha value is -1.64.